The molecule has 2 N–H and O–H groups in total. The first-order valence-electron chi connectivity index (χ1n) is 9.23. The molecule has 1 heterocycles. The molecule has 0 aliphatic heterocycles. The van der Waals surface area contributed by atoms with E-state index in [1.54, 1.807) is 7.11 Å². The molecule has 0 bridgehead atoms. The molecule has 0 radical (unpaired) electrons. The predicted octanol–water partition coefficient (Wildman–Crippen LogP) is 5.70. The zero-order valence-corrected chi connectivity index (χ0v) is 15.9. The molecule has 4 rings (SSSR count). The van der Waals surface area contributed by atoms with Crippen molar-refractivity contribution in [1.82, 2.24) is 4.57 Å². The SMILES string of the molecule is CCn1c(-c2ccc(N)cc2)c(C#N)c2cc(-c3cccc(OC)c3)ccc21.[HH]. The Bertz CT molecular complexity index is 1200. The maximum atomic E-state index is 9.98. The maximum Gasteiger partial charge on any atom is 0.119 e. The predicted molar refractivity (Wildman–Crippen MR) is 116 cm³/mol. The second kappa shape index (κ2) is 7.13. The zero-order valence-electron chi connectivity index (χ0n) is 15.9. The van der Waals surface area contributed by atoms with Gasteiger partial charge in [0.05, 0.1) is 18.4 Å². The number of hydrogen-bond donors (Lipinski definition) is 1. The Balaban J connectivity index is 0.00000240. The molecule has 0 fully saturated rings. The monoisotopic (exact) mass is 369 g/mol. The van der Waals surface area contributed by atoms with Gasteiger partial charge in [-0.2, -0.15) is 5.26 Å². The zero-order chi connectivity index (χ0) is 19.7. The summed E-state index contributed by atoms with van der Waals surface area (Å²) >= 11 is 0. The first-order chi connectivity index (χ1) is 13.7. The van der Waals surface area contributed by atoms with Crippen LogP contribution >= 0.6 is 0 Å². The van der Waals surface area contributed by atoms with E-state index in [0.717, 1.165) is 45.6 Å². The van der Waals surface area contributed by atoms with Gasteiger partial charge in [0.25, 0.3) is 0 Å². The average molecular weight is 369 g/mol. The molecule has 4 heteroatoms. The second-order valence-corrected chi connectivity index (χ2v) is 6.67. The summed E-state index contributed by atoms with van der Waals surface area (Å²) in [6, 6.07) is 24.3. The smallest absolute Gasteiger partial charge is 0.119 e. The number of fused-ring (bicyclic) bond motifs is 1. The van der Waals surface area contributed by atoms with E-state index < -0.39 is 0 Å². The highest BCUT2D eigenvalue weighted by Gasteiger charge is 2.18. The molecular weight excluding hydrogens is 346 g/mol. The van der Waals surface area contributed by atoms with Crippen molar-refractivity contribution in [3.05, 3.63) is 72.3 Å². The summed E-state index contributed by atoms with van der Waals surface area (Å²) in [7, 11) is 1.66. The number of hydrogen-bond acceptors (Lipinski definition) is 3. The highest BCUT2D eigenvalue weighted by atomic mass is 16.5. The topological polar surface area (TPSA) is 64.0 Å². The third-order valence-electron chi connectivity index (χ3n) is 5.08. The molecule has 0 aliphatic rings. The van der Waals surface area contributed by atoms with Crippen molar-refractivity contribution in [2.75, 3.05) is 12.8 Å². The lowest BCUT2D eigenvalue weighted by Gasteiger charge is -2.09. The molecule has 28 heavy (non-hydrogen) atoms. The van der Waals surface area contributed by atoms with Crippen LogP contribution in [0.2, 0.25) is 0 Å². The van der Waals surface area contributed by atoms with Gasteiger partial charge >= 0.3 is 0 Å². The number of ether oxygens (including phenoxy) is 1. The minimum Gasteiger partial charge on any atom is -0.497 e. The van der Waals surface area contributed by atoms with Crippen molar-refractivity contribution in [2.24, 2.45) is 0 Å². The molecule has 4 aromatic rings. The van der Waals surface area contributed by atoms with E-state index in [-0.39, 0.29) is 1.43 Å². The Labute approximate surface area is 165 Å². The van der Waals surface area contributed by atoms with Gasteiger partial charge in [-0.1, -0.05) is 30.3 Å². The van der Waals surface area contributed by atoms with E-state index in [1.165, 1.54) is 0 Å². The Morgan fingerprint density at radius 2 is 1.71 bits per heavy atom. The number of nitrogen functional groups attached to an aromatic ring is 1. The summed E-state index contributed by atoms with van der Waals surface area (Å²) in [5.74, 6) is 0.812. The molecule has 140 valence electrons. The number of rotatable bonds is 4. The van der Waals surface area contributed by atoms with Crippen molar-refractivity contribution in [1.29, 1.82) is 5.26 Å². The summed E-state index contributed by atoms with van der Waals surface area (Å²) in [4.78, 5) is 0. The van der Waals surface area contributed by atoms with Crippen LogP contribution in [0.4, 0.5) is 5.69 Å². The van der Waals surface area contributed by atoms with Crippen molar-refractivity contribution in [3.63, 3.8) is 0 Å². The Kier molecular flexibility index (Phi) is 4.50. The van der Waals surface area contributed by atoms with Crippen molar-refractivity contribution in [3.8, 4) is 34.2 Å². The molecule has 1 aromatic heterocycles. The molecule has 0 atom stereocenters. The first-order valence-corrected chi connectivity index (χ1v) is 9.23. The number of methoxy groups -OCH3 is 1. The lowest BCUT2D eigenvalue weighted by atomic mass is 10.0. The van der Waals surface area contributed by atoms with E-state index in [4.69, 9.17) is 10.5 Å². The van der Waals surface area contributed by atoms with E-state index in [2.05, 4.69) is 35.8 Å². The van der Waals surface area contributed by atoms with Crippen LogP contribution in [-0.2, 0) is 6.54 Å². The van der Waals surface area contributed by atoms with Gasteiger partial charge in [0.2, 0.25) is 0 Å². The van der Waals surface area contributed by atoms with Gasteiger partial charge in [0.15, 0.2) is 0 Å². The highest BCUT2D eigenvalue weighted by Crippen LogP contribution is 2.36. The minimum atomic E-state index is 0. The Hall–Kier alpha value is -3.71. The fourth-order valence-corrected chi connectivity index (χ4v) is 3.72. The van der Waals surface area contributed by atoms with Gasteiger partial charge in [-0.3, -0.25) is 0 Å². The van der Waals surface area contributed by atoms with Crippen molar-refractivity contribution >= 4 is 16.6 Å². The molecule has 0 spiro atoms. The van der Waals surface area contributed by atoms with Gasteiger partial charge in [-0.25, -0.2) is 0 Å². The molecule has 0 unspecified atom stereocenters. The van der Waals surface area contributed by atoms with E-state index in [1.807, 2.05) is 48.5 Å². The van der Waals surface area contributed by atoms with Crippen LogP contribution < -0.4 is 10.5 Å². The van der Waals surface area contributed by atoms with Gasteiger partial charge in [-0.05, 0) is 60.0 Å². The summed E-state index contributed by atoms with van der Waals surface area (Å²) < 4.78 is 7.54. The molecular formula is C24H23N3O. The molecule has 0 aliphatic carbocycles. The summed E-state index contributed by atoms with van der Waals surface area (Å²) in [5.41, 5.74) is 12.3. The van der Waals surface area contributed by atoms with Crippen molar-refractivity contribution in [2.45, 2.75) is 13.5 Å². The summed E-state index contributed by atoms with van der Waals surface area (Å²) in [5, 5.41) is 10.9. The van der Waals surface area contributed by atoms with Gasteiger partial charge in [0, 0.05) is 24.6 Å². The number of aromatic nitrogens is 1. The van der Waals surface area contributed by atoms with Gasteiger partial charge in [-0.15, -0.1) is 0 Å². The third-order valence-corrected chi connectivity index (χ3v) is 5.08. The number of anilines is 1. The van der Waals surface area contributed by atoms with Crippen molar-refractivity contribution < 1.29 is 6.16 Å². The number of nitrogens with zero attached hydrogens (tertiary/aromatic N) is 2. The molecule has 0 amide bonds. The summed E-state index contributed by atoms with van der Waals surface area (Å²) in [6.45, 7) is 2.87. The van der Waals surface area contributed by atoms with E-state index in [9.17, 15) is 5.26 Å². The van der Waals surface area contributed by atoms with Crippen LogP contribution in [0.1, 0.15) is 13.9 Å². The third kappa shape index (κ3) is 2.87. The van der Waals surface area contributed by atoms with Crippen LogP contribution in [0, 0.1) is 11.3 Å². The highest BCUT2D eigenvalue weighted by molar-refractivity contribution is 5.97. The van der Waals surface area contributed by atoms with Gasteiger partial charge in [0.1, 0.15) is 11.8 Å². The van der Waals surface area contributed by atoms with Crippen LogP contribution in [0.25, 0.3) is 33.3 Å². The van der Waals surface area contributed by atoms with E-state index >= 15 is 0 Å². The van der Waals surface area contributed by atoms with Crippen LogP contribution in [0.5, 0.6) is 5.75 Å². The number of nitriles is 1. The Morgan fingerprint density at radius 3 is 2.39 bits per heavy atom. The molecule has 0 saturated heterocycles. The number of aryl methyl sites for hydroxylation is 1. The fraction of sp³-hybridized carbons (Fsp3) is 0.125. The normalized spacial score (nSPS) is 10.8. The molecule has 0 saturated carbocycles. The number of benzene rings is 3. The largest absolute Gasteiger partial charge is 0.497 e. The first kappa shape index (κ1) is 17.7. The summed E-state index contributed by atoms with van der Waals surface area (Å²) in [6.07, 6.45) is 0. The fourth-order valence-electron chi connectivity index (χ4n) is 3.72. The Morgan fingerprint density at radius 1 is 1.00 bits per heavy atom. The lowest BCUT2D eigenvalue weighted by molar-refractivity contribution is 0.415. The standard InChI is InChI=1S/C24H21N3O.H2/c1-3-27-23-12-9-18(17-5-4-6-20(13-17)28-2)14-21(23)22(15-25)24(27)16-7-10-19(26)11-8-16;/h4-14H,3,26H2,1-2H3;1H. The second-order valence-electron chi connectivity index (χ2n) is 6.67. The van der Waals surface area contributed by atoms with Crippen LogP contribution in [0.15, 0.2) is 66.7 Å². The van der Waals surface area contributed by atoms with Crippen LogP contribution in [-0.4, -0.2) is 11.7 Å². The maximum absolute atomic E-state index is 9.98. The molecule has 4 nitrogen and oxygen atoms in total. The average Bonchev–Trinajstić information content (AvgIpc) is 3.07. The lowest BCUT2D eigenvalue weighted by Crippen LogP contribution is -1.97. The number of nitrogens with two attached hydrogens (primary N) is 1. The minimum absolute atomic E-state index is 0. The van der Waals surface area contributed by atoms with Gasteiger partial charge < -0.3 is 15.0 Å². The van der Waals surface area contributed by atoms with Crippen LogP contribution in [0.3, 0.4) is 0 Å². The quantitative estimate of drug-likeness (QED) is 0.469. The van der Waals surface area contributed by atoms with E-state index in [0.29, 0.717) is 11.3 Å². The molecule has 3 aromatic carbocycles.